The Morgan fingerprint density at radius 1 is 0.923 bits per heavy atom. The number of hydrogen-bond acceptors (Lipinski definition) is 3. The van der Waals surface area contributed by atoms with Crippen molar-refractivity contribution in [3.8, 4) is 11.1 Å². The fourth-order valence-electron chi connectivity index (χ4n) is 2.97. The molecule has 4 heteroatoms. The third-order valence-corrected chi connectivity index (χ3v) is 4.28. The van der Waals surface area contributed by atoms with Crippen LogP contribution in [0.25, 0.3) is 21.9 Å². The molecule has 0 aliphatic heterocycles. The Hall–Kier alpha value is -3.53. The molecule has 0 fully saturated rings. The zero-order chi connectivity index (χ0) is 17.9. The molecule has 3 aromatic carbocycles. The predicted octanol–water partition coefficient (Wildman–Crippen LogP) is 5.60. The summed E-state index contributed by atoms with van der Waals surface area (Å²) in [5, 5.41) is 5.34. The highest BCUT2D eigenvalue weighted by molar-refractivity contribution is 5.97. The largest absolute Gasteiger partial charge is 0.355 e. The van der Waals surface area contributed by atoms with Gasteiger partial charge in [0.2, 0.25) is 0 Å². The summed E-state index contributed by atoms with van der Waals surface area (Å²) in [5.41, 5.74) is 3.85. The number of benzene rings is 3. The lowest BCUT2D eigenvalue weighted by Gasteiger charge is -2.12. The molecule has 26 heavy (non-hydrogen) atoms. The van der Waals surface area contributed by atoms with Crippen LogP contribution in [0, 0.1) is 5.82 Å². The quantitative estimate of drug-likeness (QED) is 0.491. The molecule has 0 aliphatic rings. The number of carbonyl (C=O) groups is 1. The molecule has 3 nitrogen and oxygen atoms in total. The molecule has 1 aromatic heterocycles. The van der Waals surface area contributed by atoms with Crippen molar-refractivity contribution in [2.24, 2.45) is 0 Å². The van der Waals surface area contributed by atoms with E-state index in [1.165, 1.54) is 12.1 Å². The Labute approximate surface area is 150 Å². The number of hydrogen-bond donors (Lipinski definition) is 1. The van der Waals surface area contributed by atoms with Crippen molar-refractivity contribution in [2.45, 2.75) is 0 Å². The lowest BCUT2D eigenvalue weighted by Crippen LogP contribution is -1.96. The molecular weight excluding hydrogens is 327 g/mol. The van der Waals surface area contributed by atoms with Crippen molar-refractivity contribution < 1.29 is 9.18 Å². The summed E-state index contributed by atoms with van der Waals surface area (Å²) in [7, 11) is 0. The van der Waals surface area contributed by atoms with Crippen molar-refractivity contribution in [3.63, 3.8) is 0 Å². The first kappa shape index (κ1) is 16.0. The Bertz CT molecular complexity index is 1090. The third kappa shape index (κ3) is 3.05. The first-order valence-corrected chi connectivity index (χ1v) is 8.19. The minimum Gasteiger partial charge on any atom is -0.355 e. The van der Waals surface area contributed by atoms with Gasteiger partial charge in [-0.2, -0.15) is 0 Å². The average Bonchev–Trinajstić information content (AvgIpc) is 2.69. The molecule has 4 rings (SSSR count). The van der Waals surface area contributed by atoms with E-state index >= 15 is 0 Å². The number of carbonyl (C=O) groups excluding carboxylic acids is 1. The van der Waals surface area contributed by atoms with Gasteiger partial charge in [-0.05, 0) is 47.3 Å². The van der Waals surface area contributed by atoms with E-state index in [4.69, 9.17) is 0 Å². The minimum absolute atomic E-state index is 0.304. The number of anilines is 2. The maximum Gasteiger partial charge on any atom is 0.152 e. The molecule has 1 heterocycles. The van der Waals surface area contributed by atoms with Gasteiger partial charge in [0.05, 0.1) is 0 Å². The maximum absolute atomic E-state index is 13.1. The standard InChI is InChI=1S/C22H15FN2O/c23-18-7-9-19(10-8-18)25-22-11-15(5-6-17(22)14-26)21-13-24-12-16-3-1-2-4-20(16)21/h1-14,25H. The second-order valence-corrected chi connectivity index (χ2v) is 5.96. The Kier molecular flexibility index (Phi) is 4.15. The van der Waals surface area contributed by atoms with Crippen molar-refractivity contribution in [2.75, 3.05) is 5.32 Å². The SMILES string of the molecule is O=Cc1ccc(-c2cncc3ccccc23)cc1Nc1ccc(F)cc1. The zero-order valence-electron chi connectivity index (χ0n) is 13.8. The summed E-state index contributed by atoms with van der Waals surface area (Å²) in [5.74, 6) is -0.304. The predicted molar refractivity (Wildman–Crippen MR) is 102 cm³/mol. The molecule has 126 valence electrons. The Morgan fingerprint density at radius 3 is 2.54 bits per heavy atom. The van der Waals surface area contributed by atoms with Gasteiger partial charge in [0.1, 0.15) is 5.82 Å². The number of nitrogens with one attached hydrogen (secondary N) is 1. The normalized spacial score (nSPS) is 10.7. The molecule has 0 radical (unpaired) electrons. The molecule has 4 aromatic rings. The molecule has 0 spiro atoms. The molecule has 0 amide bonds. The second kappa shape index (κ2) is 6.76. The van der Waals surface area contributed by atoms with Crippen LogP contribution in [0.1, 0.15) is 10.4 Å². The number of rotatable bonds is 4. The van der Waals surface area contributed by atoms with Crippen molar-refractivity contribution >= 4 is 28.4 Å². The van der Waals surface area contributed by atoms with Crippen molar-refractivity contribution in [3.05, 3.63) is 90.5 Å². The van der Waals surface area contributed by atoms with E-state index in [-0.39, 0.29) is 5.82 Å². The molecular formula is C22H15FN2O. The number of fused-ring (bicyclic) bond motifs is 1. The highest BCUT2D eigenvalue weighted by Crippen LogP contribution is 2.31. The van der Waals surface area contributed by atoms with E-state index in [1.54, 1.807) is 18.2 Å². The van der Waals surface area contributed by atoms with Crippen molar-refractivity contribution in [1.82, 2.24) is 4.98 Å². The minimum atomic E-state index is -0.304. The summed E-state index contributed by atoms with van der Waals surface area (Å²) in [6, 6.07) is 19.6. The fourth-order valence-corrected chi connectivity index (χ4v) is 2.97. The van der Waals surface area contributed by atoms with Gasteiger partial charge >= 0.3 is 0 Å². The summed E-state index contributed by atoms with van der Waals surface area (Å²) >= 11 is 0. The number of halogens is 1. The van der Waals surface area contributed by atoms with E-state index in [0.29, 0.717) is 16.9 Å². The van der Waals surface area contributed by atoms with Crippen LogP contribution in [-0.4, -0.2) is 11.3 Å². The van der Waals surface area contributed by atoms with Crippen LogP contribution < -0.4 is 5.32 Å². The van der Waals surface area contributed by atoms with Crippen LogP contribution in [0.4, 0.5) is 15.8 Å². The molecule has 0 saturated carbocycles. The number of pyridine rings is 1. The second-order valence-electron chi connectivity index (χ2n) is 5.96. The van der Waals surface area contributed by atoms with E-state index < -0.39 is 0 Å². The van der Waals surface area contributed by atoms with Crippen LogP contribution in [0.15, 0.2) is 79.1 Å². The highest BCUT2D eigenvalue weighted by atomic mass is 19.1. The number of aromatic nitrogens is 1. The molecule has 0 bridgehead atoms. The van der Waals surface area contributed by atoms with Gasteiger partial charge in [0.15, 0.2) is 6.29 Å². The monoisotopic (exact) mass is 342 g/mol. The summed E-state index contributed by atoms with van der Waals surface area (Å²) < 4.78 is 13.1. The van der Waals surface area contributed by atoms with Gasteiger partial charge < -0.3 is 5.32 Å². The zero-order valence-corrected chi connectivity index (χ0v) is 13.8. The first-order valence-electron chi connectivity index (χ1n) is 8.19. The third-order valence-electron chi connectivity index (χ3n) is 4.28. The van der Waals surface area contributed by atoms with Crippen LogP contribution in [0.5, 0.6) is 0 Å². The van der Waals surface area contributed by atoms with E-state index in [0.717, 1.165) is 28.2 Å². The van der Waals surface area contributed by atoms with Crippen LogP contribution in [0.2, 0.25) is 0 Å². The van der Waals surface area contributed by atoms with Gasteiger partial charge in [0, 0.05) is 40.3 Å². The van der Waals surface area contributed by atoms with Gasteiger partial charge in [0.25, 0.3) is 0 Å². The van der Waals surface area contributed by atoms with E-state index in [1.807, 2.05) is 48.8 Å². The van der Waals surface area contributed by atoms with Gasteiger partial charge in [-0.15, -0.1) is 0 Å². The molecule has 0 unspecified atom stereocenters. The van der Waals surface area contributed by atoms with Crippen LogP contribution in [0.3, 0.4) is 0 Å². The van der Waals surface area contributed by atoms with Crippen LogP contribution >= 0.6 is 0 Å². The van der Waals surface area contributed by atoms with E-state index in [9.17, 15) is 9.18 Å². The molecule has 0 saturated heterocycles. The smallest absolute Gasteiger partial charge is 0.152 e. The van der Waals surface area contributed by atoms with E-state index in [2.05, 4.69) is 10.3 Å². The summed E-state index contributed by atoms with van der Waals surface area (Å²) in [6.07, 6.45) is 4.45. The molecule has 0 aliphatic carbocycles. The van der Waals surface area contributed by atoms with Crippen LogP contribution in [-0.2, 0) is 0 Å². The molecule has 1 N–H and O–H groups in total. The highest BCUT2D eigenvalue weighted by Gasteiger charge is 2.09. The fraction of sp³-hybridized carbons (Fsp3) is 0. The maximum atomic E-state index is 13.1. The summed E-state index contributed by atoms with van der Waals surface area (Å²) in [4.78, 5) is 15.7. The first-order chi connectivity index (χ1) is 12.7. The summed E-state index contributed by atoms with van der Waals surface area (Å²) in [6.45, 7) is 0. The lowest BCUT2D eigenvalue weighted by atomic mass is 9.99. The molecule has 0 atom stereocenters. The Balaban J connectivity index is 1.80. The van der Waals surface area contributed by atoms with Gasteiger partial charge in [-0.1, -0.05) is 30.3 Å². The Morgan fingerprint density at radius 2 is 1.73 bits per heavy atom. The average molecular weight is 342 g/mol. The number of nitrogens with zero attached hydrogens (tertiary/aromatic N) is 1. The topological polar surface area (TPSA) is 42.0 Å². The van der Waals surface area contributed by atoms with Gasteiger partial charge in [-0.25, -0.2) is 4.39 Å². The van der Waals surface area contributed by atoms with Gasteiger partial charge in [-0.3, -0.25) is 9.78 Å². The van der Waals surface area contributed by atoms with Crippen molar-refractivity contribution in [1.29, 1.82) is 0 Å². The lowest BCUT2D eigenvalue weighted by molar-refractivity contribution is 0.112. The number of aldehydes is 1.